The second kappa shape index (κ2) is 3.52. The number of aromatic nitrogens is 2. The maximum absolute atomic E-state index is 5.87. The van der Waals surface area contributed by atoms with E-state index in [2.05, 4.69) is 9.97 Å². The van der Waals surface area contributed by atoms with Crippen molar-refractivity contribution < 1.29 is 0 Å². The number of hydrogen-bond acceptors (Lipinski definition) is 3. The first-order chi connectivity index (χ1) is 6.70. The van der Waals surface area contributed by atoms with Gasteiger partial charge in [0.15, 0.2) is 0 Å². The van der Waals surface area contributed by atoms with E-state index in [1.165, 1.54) is 0 Å². The molecule has 0 amide bonds. The minimum Gasteiger partial charge on any atom is -0.325 e. The summed E-state index contributed by atoms with van der Waals surface area (Å²) in [6, 6.07) is 5.55. The predicted molar refractivity (Wildman–Crippen MR) is 57.2 cm³/mol. The van der Waals surface area contributed by atoms with E-state index in [9.17, 15) is 0 Å². The van der Waals surface area contributed by atoms with Crippen molar-refractivity contribution in [3.05, 3.63) is 34.7 Å². The molecule has 4 heteroatoms. The molecule has 0 aliphatic rings. The molecule has 0 atom stereocenters. The molecule has 1 aromatic heterocycles. The summed E-state index contributed by atoms with van der Waals surface area (Å²) in [5.74, 6) is 0.722. The molecule has 1 aromatic carbocycles. The van der Waals surface area contributed by atoms with Gasteiger partial charge in [-0.3, -0.25) is 0 Å². The Morgan fingerprint density at radius 3 is 2.86 bits per heavy atom. The summed E-state index contributed by atoms with van der Waals surface area (Å²) in [6.07, 6.45) is 0. The summed E-state index contributed by atoms with van der Waals surface area (Å²) in [5, 5.41) is 1.65. The molecule has 1 heterocycles. The van der Waals surface area contributed by atoms with E-state index in [0.29, 0.717) is 11.6 Å². The van der Waals surface area contributed by atoms with Crippen molar-refractivity contribution in [2.75, 3.05) is 0 Å². The molecule has 0 radical (unpaired) electrons. The van der Waals surface area contributed by atoms with Gasteiger partial charge in [0, 0.05) is 17.0 Å². The van der Waals surface area contributed by atoms with Crippen LogP contribution in [-0.2, 0) is 6.54 Å². The molecule has 0 fully saturated rings. The molecule has 3 nitrogen and oxygen atoms in total. The van der Waals surface area contributed by atoms with Crippen molar-refractivity contribution in [1.82, 2.24) is 9.97 Å². The van der Waals surface area contributed by atoms with Crippen LogP contribution in [0.1, 0.15) is 11.5 Å². The normalized spacial score (nSPS) is 10.8. The molecule has 2 N–H and O–H groups in total. The summed E-state index contributed by atoms with van der Waals surface area (Å²) >= 11 is 5.87. The highest BCUT2D eigenvalue weighted by molar-refractivity contribution is 6.31. The average Bonchev–Trinajstić information content (AvgIpc) is 2.15. The Morgan fingerprint density at radius 1 is 1.36 bits per heavy atom. The van der Waals surface area contributed by atoms with Gasteiger partial charge in [0.2, 0.25) is 0 Å². The highest BCUT2D eigenvalue weighted by Gasteiger charge is 2.04. The van der Waals surface area contributed by atoms with E-state index >= 15 is 0 Å². The minimum absolute atomic E-state index is 0.418. The first kappa shape index (κ1) is 9.37. The molecule has 14 heavy (non-hydrogen) atoms. The third-order valence-electron chi connectivity index (χ3n) is 2.04. The Balaban J connectivity index is 2.81. The fourth-order valence-corrected chi connectivity index (χ4v) is 1.62. The number of benzene rings is 1. The molecule has 72 valence electrons. The molecule has 2 aromatic rings. The predicted octanol–water partition coefficient (Wildman–Crippen LogP) is 2.05. The quantitative estimate of drug-likeness (QED) is 0.779. The number of hydrogen-bond donors (Lipinski definition) is 1. The summed E-state index contributed by atoms with van der Waals surface area (Å²) in [4.78, 5) is 8.56. The zero-order valence-electron chi connectivity index (χ0n) is 7.79. The summed E-state index contributed by atoms with van der Waals surface area (Å²) < 4.78 is 0. The van der Waals surface area contributed by atoms with Crippen LogP contribution in [0, 0.1) is 6.92 Å². The van der Waals surface area contributed by atoms with Crippen LogP contribution in [0.4, 0.5) is 0 Å². The lowest BCUT2D eigenvalue weighted by Crippen LogP contribution is -2.03. The van der Waals surface area contributed by atoms with Gasteiger partial charge in [-0.1, -0.05) is 11.6 Å². The smallest absolute Gasteiger partial charge is 0.126 e. The van der Waals surface area contributed by atoms with Crippen molar-refractivity contribution in [3.63, 3.8) is 0 Å². The largest absolute Gasteiger partial charge is 0.325 e. The lowest BCUT2D eigenvalue weighted by molar-refractivity contribution is 0.954. The number of fused-ring (bicyclic) bond motifs is 1. The summed E-state index contributed by atoms with van der Waals surface area (Å²) in [5.41, 5.74) is 7.32. The van der Waals surface area contributed by atoms with Crippen LogP contribution in [0.15, 0.2) is 18.2 Å². The van der Waals surface area contributed by atoms with Crippen LogP contribution in [-0.4, -0.2) is 9.97 Å². The lowest BCUT2D eigenvalue weighted by Gasteiger charge is -2.04. The Morgan fingerprint density at radius 2 is 2.14 bits per heavy atom. The lowest BCUT2D eigenvalue weighted by atomic mass is 10.2. The molecular weight excluding hydrogens is 198 g/mol. The Hall–Kier alpha value is -1.19. The molecule has 0 bridgehead atoms. The zero-order chi connectivity index (χ0) is 10.1. The third kappa shape index (κ3) is 1.56. The maximum atomic E-state index is 5.87. The van der Waals surface area contributed by atoms with Crippen molar-refractivity contribution in [2.24, 2.45) is 5.73 Å². The molecule has 0 saturated heterocycles. The van der Waals surface area contributed by atoms with Crippen molar-refractivity contribution in [3.8, 4) is 0 Å². The van der Waals surface area contributed by atoms with Crippen LogP contribution >= 0.6 is 11.6 Å². The van der Waals surface area contributed by atoms with Gasteiger partial charge < -0.3 is 5.73 Å². The highest BCUT2D eigenvalue weighted by atomic mass is 35.5. The van der Waals surface area contributed by atoms with E-state index in [1.807, 2.05) is 25.1 Å². The fourth-order valence-electron chi connectivity index (χ4n) is 1.45. The van der Waals surface area contributed by atoms with E-state index in [4.69, 9.17) is 17.3 Å². The minimum atomic E-state index is 0.418. The van der Waals surface area contributed by atoms with Gasteiger partial charge in [0.05, 0.1) is 11.2 Å². The molecule has 0 aliphatic carbocycles. The SMILES string of the molecule is Cc1nc(CN)c2ccc(Cl)cc2n1. The molecule has 0 saturated carbocycles. The molecule has 0 spiro atoms. The second-order valence-electron chi connectivity index (χ2n) is 3.08. The molecule has 0 unspecified atom stereocenters. The van der Waals surface area contributed by atoms with Crippen molar-refractivity contribution in [2.45, 2.75) is 13.5 Å². The fraction of sp³-hybridized carbons (Fsp3) is 0.200. The first-order valence-corrected chi connectivity index (χ1v) is 4.71. The van der Waals surface area contributed by atoms with Gasteiger partial charge in [-0.15, -0.1) is 0 Å². The van der Waals surface area contributed by atoms with E-state index in [-0.39, 0.29) is 0 Å². The van der Waals surface area contributed by atoms with Crippen molar-refractivity contribution >= 4 is 22.5 Å². The topological polar surface area (TPSA) is 51.8 Å². The molecule has 0 aliphatic heterocycles. The van der Waals surface area contributed by atoms with Crippen molar-refractivity contribution in [1.29, 1.82) is 0 Å². The van der Waals surface area contributed by atoms with Gasteiger partial charge in [-0.2, -0.15) is 0 Å². The molecular formula is C10H10ClN3. The van der Waals surface area contributed by atoms with Crippen LogP contribution in [0.5, 0.6) is 0 Å². The van der Waals surface area contributed by atoms with E-state index in [1.54, 1.807) is 0 Å². The standard InChI is InChI=1S/C10H10ClN3/c1-6-13-9-4-7(11)2-3-8(9)10(5-12)14-6/h2-4H,5,12H2,1H3. The second-order valence-corrected chi connectivity index (χ2v) is 3.52. The van der Waals surface area contributed by atoms with Gasteiger partial charge in [0.25, 0.3) is 0 Å². The third-order valence-corrected chi connectivity index (χ3v) is 2.28. The van der Waals surface area contributed by atoms with E-state index < -0.39 is 0 Å². The van der Waals surface area contributed by atoms with Gasteiger partial charge >= 0.3 is 0 Å². The number of nitrogens with zero attached hydrogens (tertiary/aromatic N) is 2. The number of rotatable bonds is 1. The number of nitrogens with two attached hydrogens (primary N) is 1. The monoisotopic (exact) mass is 207 g/mol. The zero-order valence-corrected chi connectivity index (χ0v) is 8.54. The van der Waals surface area contributed by atoms with Crippen LogP contribution < -0.4 is 5.73 Å². The number of aryl methyl sites for hydroxylation is 1. The Kier molecular flexibility index (Phi) is 2.35. The molecule has 2 rings (SSSR count). The Bertz CT molecular complexity index is 477. The van der Waals surface area contributed by atoms with Gasteiger partial charge in [0.1, 0.15) is 5.82 Å². The maximum Gasteiger partial charge on any atom is 0.126 e. The summed E-state index contributed by atoms with van der Waals surface area (Å²) in [7, 11) is 0. The van der Waals surface area contributed by atoms with Crippen LogP contribution in [0.3, 0.4) is 0 Å². The van der Waals surface area contributed by atoms with E-state index in [0.717, 1.165) is 22.4 Å². The average molecular weight is 208 g/mol. The summed E-state index contributed by atoms with van der Waals surface area (Å²) in [6.45, 7) is 2.26. The first-order valence-electron chi connectivity index (χ1n) is 4.33. The highest BCUT2D eigenvalue weighted by Crippen LogP contribution is 2.19. The van der Waals surface area contributed by atoms with Crippen LogP contribution in [0.25, 0.3) is 10.9 Å². The van der Waals surface area contributed by atoms with Crippen LogP contribution in [0.2, 0.25) is 5.02 Å². The van der Waals surface area contributed by atoms with Gasteiger partial charge in [-0.05, 0) is 25.1 Å². The Labute approximate surface area is 86.9 Å². The van der Waals surface area contributed by atoms with Gasteiger partial charge in [-0.25, -0.2) is 9.97 Å². The number of halogens is 1.